The number of morpholine rings is 1. The van der Waals surface area contributed by atoms with Gasteiger partial charge in [0.1, 0.15) is 5.82 Å². The molecule has 1 heterocycles. The Hall–Kier alpha value is -2.40. The van der Waals surface area contributed by atoms with Crippen molar-refractivity contribution in [2.24, 2.45) is 0 Å². The summed E-state index contributed by atoms with van der Waals surface area (Å²) in [5.41, 5.74) is 2.33. The van der Waals surface area contributed by atoms with Gasteiger partial charge in [-0.3, -0.25) is 4.79 Å². The van der Waals surface area contributed by atoms with Crippen molar-refractivity contribution < 1.29 is 13.9 Å². The summed E-state index contributed by atoms with van der Waals surface area (Å²) in [6.45, 7) is 5.11. The lowest BCUT2D eigenvalue weighted by Crippen LogP contribution is -2.37. The summed E-state index contributed by atoms with van der Waals surface area (Å²) in [7, 11) is 0. The highest BCUT2D eigenvalue weighted by Gasteiger charge is 2.37. The number of carbonyl (C=O) groups excluding carboxylic acids is 1. The molecule has 2 aromatic carbocycles. The second-order valence-corrected chi connectivity index (χ2v) is 7.29. The van der Waals surface area contributed by atoms with E-state index in [1.807, 2.05) is 42.2 Å². The molecule has 1 aliphatic heterocycles. The Morgan fingerprint density at radius 2 is 1.78 bits per heavy atom. The molecule has 0 aromatic heterocycles. The lowest BCUT2D eigenvalue weighted by molar-refractivity contribution is 0.0671. The van der Waals surface area contributed by atoms with Crippen LogP contribution in [0.25, 0.3) is 0 Å². The molecule has 1 amide bonds. The number of amides is 1. The number of hydrogen-bond acceptors (Lipinski definition) is 3. The van der Waals surface area contributed by atoms with Gasteiger partial charge in [0, 0.05) is 35.9 Å². The van der Waals surface area contributed by atoms with Gasteiger partial charge in [-0.15, -0.1) is 0 Å². The zero-order chi connectivity index (χ0) is 18.8. The van der Waals surface area contributed by atoms with E-state index >= 15 is 0 Å². The van der Waals surface area contributed by atoms with Crippen LogP contribution in [0.5, 0.6) is 0 Å². The summed E-state index contributed by atoms with van der Waals surface area (Å²) in [5, 5.41) is 0. The maximum absolute atomic E-state index is 14.3. The molecule has 4 nitrogen and oxygen atoms in total. The van der Waals surface area contributed by atoms with Gasteiger partial charge in [0.25, 0.3) is 5.91 Å². The molecule has 1 saturated carbocycles. The highest BCUT2D eigenvalue weighted by molar-refractivity contribution is 5.95. The van der Waals surface area contributed by atoms with Gasteiger partial charge in [-0.25, -0.2) is 4.39 Å². The maximum Gasteiger partial charge on any atom is 0.254 e. The lowest BCUT2D eigenvalue weighted by Gasteiger charge is -2.31. The molecule has 0 N–H and O–H groups in total. The minimum atomic E-state index is -0.287. The SMILES string of the molecule is CC(c1ccccc1F)N(C(=O)c1ccc(N2CCOCC2)cc1)C1CC1. The molecule has 2 fully saturated rings. The second kappa shape index (κ2) is 7.69. The number of halogens is 1. The Morgan fingerprint density at radius 3 is 2.41 bits per heavy atom. The average Bonchev–Trinajstić information content (AvgIpc) is 3.54. The largest absolute Gasteiger partial charge is 0.378 e. The number of nitrogens with zero attached hydrogens (tertiary/aromatic N) is 2. The van der Waals surface area contributed by atoms with Crippen molar-refractivity contribution in [3.8, 4) is 0 Å². The summed E-state index contributed by atoms with van der Waals surface area (Å²) in [4.78, 5) is 17.3. The van der Waals surface area contributed by atoms with Gasteiger partial charge in [0.15, 0.2) is 0 Å². The number of rotatable bonds is 5. The number of anilines is 1. The summed E-state index contributed by atoms with van der Waals surface area (Å²) in [6.07, 6.45) is 1.97. The van der Waals surface area contributed by atoms with E-state index in [-0.39, 0.29) is 23.8 Å². The van der Waals surface area contributed by atoms with E-state index in [4.69, 9.17) is 4.74 Å². The molecule has 2 aromatic rings. The van der Waals surface area contributed by atoms with Crippen molar-refractivity contribution in [3.05, 3.63) is 65.5 Å². The van der Waals surface area contributed by atoms with Crippen LogP contribution in [0.15, 0.2) is 48.5 Å². The van der Waals surface area contributed by atoms with Gasteiger partial charge >= 0.3 is 0 Å². The van der Waals surface area contributed by atoms with Crippen molar-refractivity contribution in [2.45, 2.75) is 31.8 Å². The first kappa shape index (κ1) is 18.0. The Balaban J connectivity index is 1.55. The molecule has 142 valence electrons. The van der Waals surface area contributed by atoms with E-state index in [1.165, 1.54) is 6.07 Å². The average molecular weight is 368 g/mol. The molecule has 1 aliphatic carbocycles. The van der Waals surface area contributed by atoms with Gasteiger partial charge in [-0.05, 0) is 50.1 Å². The molecular weight excluding hydrogens is 343 g/mol. The Kier molecular flexibility index (Phi) is 5.12. The Labute approximate surface area is 159 Å². The van der Waals surface area contributed by atoms with Crippen LogP contribution in [0.2, 0.25) is 0 Å². The minimum absolute atomic E-state index is 0.0261. The molecule has 1 atom stereocenters. The quantitative estimate of drug-likeness (QED) is 0.799. The van der Waals surface area contributed by atoms with Crippen molar-refractivity contribution in [1.82, 2.24) is 4.90 Å². The molecule has 1 unspecified atom stereocenters. The molecule has 1 saturated heterocycles. The molecule has 4 rings (SSSR count). The summed E-state index contributed by atoms with van der Waals surface area (Å²) < 4.78 is 19.6. The predicted octanol–water partition coefficient (Wildman–Crippen LogP) is 4.03. The van der Waals surface area contributed by atoms with E-state index < -0.39 is 0 Å². The third kappa shape index (κ3) is 3.83. The molecule has 2 aliphatic rings. The van der Waals surface area contributed by atoms with Crippen LogP contribution < -0.4 is 4.90 Å². The highest BCUT2D eigenvalue weighted by atomic mass is 19.1. The predicted molar refractivity (Wildman–Crippen MR) is 103 cm³/mol. The van der Waals surface area contributed by atoms with Crippen LogP contribution >= 0.6 is 0 Å². The first-order valence-corrected chi connectivity index (χ1v) is 9.65. The van der Waals surface area contributed by atoms with E-state index in [2.05, 4.69) is 4.90 Å². The van der Waals surface area contributed by atoms with Crippen LogP contribution in [-0.4, -0.2) is 43.2 Å². The van der Waals surface area contributed by atoms with Gasteiger partial charge in [-0.2, -0.15) is 0 Å². The Morgan fingerprint density at radius 1 is 1.11 bits per heavy atom. The molecule has 27 heavy (non-hydrogen) atoms. The topological polar surface area (TPSA) is 32.8 Å². The van der Waals surface area contributed by atoms with Crippen molar-refractivity contribution >= 4 is 11.6 Å². The fraction of sp³-hybridized carbons (Fsp3) is 0.409. The number of benzene rings is 2. The first-order chi connectivity index (χ1) is 13.1. The molecular formula is C22H25FN2O2. The van der Waals surface area contributed by atoms with Crippen LogP contribution in [0.1, 0.15) is 41.7 Å². The van der Waals surface area contributed by atoms with Crippen LogP contribution in [0, 0.1) is 5.82 Å². The van der Waals surface area contributed by atoms with E-state index in [1.54, 1.807) is 12.1 Å². The van der Waals surface area contributed by atoms with Crippen LogP contribution in [0.3, 0.4) is 0 Å². The fourth-order valence-electron chi connectivity index (χ4n) is 3.76. The molecule has 0 spiro atoms. The van der Waals surface area contributed by atoms with E-state index in [0.29, 0.717) is 11.1 Å². The van der Waals surface area contributed by atoms with Crippen molar-refractivity contribution in [3.63, 3.8) is 0 Å². The standard InChI is InChI=1S/C22H25FN2O2/c1-16(20-4-2-3-5-21(20)23)25(19-10-11-19)22(26)17-6-8-18(9-7-17)24-12-14-27-15-13-24/h2-9,16,19H,10-15H2,1H3. The van der Waals surface area contributed by atoms with Crippen molar-refractivity contribution in [1.29, 1.82) is 0 Å². The first-order valence-electron chi connectivity index (χ1n) is 9.65. The number of carbonyl (C=O) groups is 1. The molecule has 0 bridgehead atoms. The molecule has 5 heteroatoms. The van der Waals surface area contributed by atoms with Gasteiger partial charge in [0.05, 0.1) is 19.3 Å². The van der Waals surface area contributed by atoms with E-state index in [9.17, 15) is 9.18 Å². The number of hydrogen-bond donors (Lipinski definition) is 0. The summed E-state index contributed by atoms with van der Waals surface area (Å²) in [6, 6.07) is 14.4. The second-order valence-electron chi connectivity index (χ2n) is 7.29. The monoisotopic (exact) mass is 368 g/mol. The number of ether oxygens (including phenoxy) is 1. The summed E-state index contributed by atoms with van der Waals surface area (Å²) in [5.74, 6) is -0.284. The maximum atomic E-state index is 14.3. The van der Waals surface area contributed by atoms with Gasteiger partial charge < -0.3 is 14.5 Å². The van der Waals surface area contributed by atoms with E-state index in [0.717, 1.165) is 44.8 Å². The Bertz CT molecular complexity index is 798. The fourth-order valence-corrected chi connectivity index (χ4v) is 3.76. The summed E-state index contributed by atoms with van der Waals surface area (Å²) >= 11 is 0. The zero-order valence-electron chi connectivity index (χ0n) is 15.6. The van der Waals surface area contributed by atoms with Gasteiger partial charge in [-0.1, -0.05) is 18.2 Å². The normalized spacial score (nSPS) is 18.2. The minimum Gasteiger partial charge on any atom is -0.378 e. The van der Waals surface area contributed by atoms with Crippen LogP contribution in [0.4, 0.5) is 10.1 Å². The zero-order valence-corrected chi connectivity index (χ0v) is 15.6. The highest BCUT2D eigenvalue weighted by Crippen LogP contribution is 2.36. The third-order valence-electron chi connectivity index (χ3n) is 5.44. The third-order valence-corrected chi connectivity index (χ3v) is 5.44. The molecule has 0 radical (unpaired) electrons. The van der Waals surface area contributed by atoms with Crippen molar-refractivity contribution in [2.75, 3.05) is 31.2 Å². The lowest BCUT2D eigenvalue weighted by atomic mass is 10.0. The van der Waals surface area contributed by atoms with Crippen LogP contribution in [-0.2, 0) is 4.74 Å². The van der Waals surface area contributed by atoms with Gasteiger partial charge in [0.2, 0.25) is 0 Å². The smallest absolute Gasteiger partial charge is 0.254 e.